The number of hydrogen-bond acceptors (Lipinski definition) is 5. The molecular weight excluding hydrogens is 348 g/mol. The summed E-state index contributed by atoms with van der Waals surface area (Å²) in [4.78, 5) is 16.3. The van der Waals surface area contributed by atoms with E-state index in [0.29, 0.717) is 19.8 Å². The molecule has 5 nitrogen and oxygen atoms in total. The summed E-state index contributed by atoms with van der Waals surface area (Å²) in [6.07, 6.45) is 4.31. The van der Waals surface area contributed by atoms with Crippen molar-refractivity contribution in [2.24, 2.45) is 0 Å². The van der Waals surface area contributed by atoms with Gasteiger partial charge in [0.05, 0.1) is 16.8 Å². The van der Waals surface area contributed by atoms with Crippen molar-refractivity contribution in [3.8, 4) is 5.75 Å². The van der Waals surface area contributed by atoms with Gasteiger partial charge in [0.2, 0.25) is 5.91 Å². The number of nitrogens with zero attached hydrogens (tertiary/aromatic N) is 1. The maximum absolute atomic E-state index is 11.9. The Morgan fingerprint density at radius 1 is 1.35 bits per heavy atom. The largest absolute Gasteiger partial charge is 0.487 e. The number of nitrogens with one attached hydrogen (secondary N) is 1. The van der Waals surface area contributed by atoms with Gasteiger partial charge in [-0.15, -0.1) is 11.3 Å². The summed E-state index contributed by atoms with van der Waals surface area (Å²) < 4.78 is 11.3. The molecule has 0 bridgehead atoms. The fourth-order valence-corrected chi connectivity index (χ4v) is 2.80. The number of benzene rings is 1. The third-order valence-corrected chi connectivity index (χ3v) is 4.27. The molecule has 2 rings (SSSR count). The molecule has 2 aromatic rings. The molecular formula is C20H26N2O3S. The summed E-state index contributed by atoms with van der Waals surface area (Å²) in [6.45, 7) is 7.62. The van der Waals surface area contributed by atoms with Gasteiger partial charge in [-0.05, 0) is 39.3 Å². The van der Waals surface area contributed by atoms with E-state index in [1.807, 2.05) is 50.4 Å². The van der Waals surface area contributed by atoms with Crippen LogP contribution in [0.3, 0.4) is 0 Å². The van der Waals surface area contributed by atoms with Gasteiger partial charge in [0, 0.05) is 30.2 Å². The first-order valence-corrected chi connectivity index (χ1v) is 9.63. The highest BCUT2D eigenvalue weighted by Crippen LogP contribution is 2.21. The van der Waals surface area contributed by atoms with Gasteiger partial charge in [-0.3, -0.25) is 4.79 Å². The Kier molecular flexibility index (Phi) is 8.31. The van der Waals surface area contributed by atoms with Crippen molar-refractivity contribution in [2.75, 3.05) is 13.2 Å². The van der Waals surface area contributed by atoms with Crippen LogP contribution >= 0.6 is 11.3 Å². The van der Waals surface area contributed by atoms with Crippen LogP contribution in [-0.4, -0.2) is 30.1 Å². The average molecular weight is 375 g/mol. The zero-order chi connectivity index (χ0) is 18.8. The van der Waals surface area contributed by atoms with E-state index in [4.69, 9.17) is 9.47 Å². The van der Waals surface area contributed by atoms with E-state index in [1.54, 1.807) is 17.4 Å². The maximum atomic E-state index is 11.9. The fourth-order valence-electron chi connectivity index (χ4n) is 2.20. The van der Waals surface area contributed by atoms with Crippen molar-refractivity contribution >= 4 is 23.3 Å². The molecule has 0 radical (unpaired) electrons. The van der Waals surface area contributed by atoms with Crippen molar-refractivity contribution in [2.45, 2.75) is 39.9 Å². The Balaban J connectivity index is 1.82. The van der Waals surface area contributed by atoms with Gasteiger partial charge >= 0.3 is 0 Å². The van der Waals surface area contributed by atoms with Gasteiger partial charge < -0.3 is 14.8 Å². The van der Waals surface area contributed by atoms with Crippen molar-refractivity contribution < 1.29 is 14.3 Å². The van der Waals surface area contributed by atoms with Crippen molar-refractivity contribution in [1.82, 2.24) is 10.3 Å². The average Bonchev–Trinajstić information content (AvgIpc) is 3.03. The van der Waals surface area contributed by atoms with Crippen LogP contribution in [0.4, 0.5) is 0 Å². The number of aryl methyl sites for hydroxylation is 1. The van der Waals surface area contributed by atoms with E-state index < -0.39 is 0 Å². The van der Waals surface area contributed by atoms with Crippen LogP contribution in [0.5, 0.6) is 5.75 Å². The minimum absolute atomic E-state index is 0.125. The highest BCUT2D eigenvalue weighted by atomic mass is 32.1. The van der Waals surface area contributed by atoms with Crippen LogP contribution in [0.25, 0.3) is 6.08 Å². The number of rotatable bonds is 10. The van der Waals surface area contributed by atoms with Gasteiger partial charge in [-0.25, -0.2) is 4.98 Å². The smallest absolute Gasteiger partial charge is 0.244 e. The van der Waals surface area contributed by atoms with Crippen LogP contribution in [0, 0.1) is 6.92 Å². The predicted molar refractivity (Wildman–Crippen MR) is 105 cm³/mol. The summed E-state index contributed by atoms with van der Waals surface area (Å²) >= 11 is 1.60. The summed E-state index contributed by atoms with van der Waals surface area (Å²) in [5.41, 5.74) is 1.77. The van der Waals surface area contributed by atoms with Gasteiger partial charge in [0.1, 0.15) is 12.4 Å². The molecule has 26 heavy (non-hydrogen) atoms. The van der Waals surface area contributed by atoms with E-state index in [-0.39, 0.29) is 12.0 Å². The summed E-state index contributed by atoms with van der Waals surface area (Å²) in [5.74, 6) is 0.604. The lowest BCUT2D eigenvalue weighted by atomic mass is 10.2. The number of carbonyl (C=O) groups excluding carboxylic acids is 1. The second-order valence-electron chi connectivity index (χ2n) is 6.08. The van der Waals surface area contributed by atoms with E-state index in [2.05, 4.69) is 10.3 Å². The van der Waals surface area contributed by atoms with Crippen LogP contribution in [-0.2, 0) is 16.1 Å². The highest BCUT2D eigenvalue weighted by molar-refractivity contribution is 7.09. The zero-order valence-electron chi connectivity index (χ0n) is 15.5. The summed E-state index contributed by atoms with van der Waals surface area (Å²) in [6, 6.07) is 7.64. The predicted octanol–water partition coefficient (Wildman–Crippen LogP) is 3.98. The molecule has 0 aliphatic carbocycles. The van der Waals surface area contributed by atoms with Crippen LogP contribution in [0.2, 0.25) is 0 Å². The minimum atomic E-state index is -0.125. The number of hydrogen-bond donors (Lipinski definition) is 1. The Labute approximate surface area is 159 Å². The second-order valence-corrected chi connectivity index (χ2v) is 7.14. The lowest BCUT2D eigenvalue weighted by Crippen LogP contribution is -2.23. The molecule has 140 valence electrons. The molecule has 0 unspecified atom stereocenters. The maximum Gasteiger partial charge on any atom is 0.244 e. The molecule has 0 saturated carbocycles. The molecule has 1 N–H and O–H groups in total. The van der Waals surface area contributed by atoms with E-state index in [9.17, 15) is 4.79 Å². The number of ether oxygens (including phenoxy) is 2. The first-order valence-electron chi connectivity index (χ1n) is 8.75. The molecule has 6 heteroatoms. The highest BCUT2D eigenvalue weighted by Gasteiger charge is 2.04. The Hall–Kier alpha value is -2.18. The van der Waals surface area contributed by atoms with Gasteiger partial charge in [0.25, 0.3) is 0 Å². The van der Waals surface area contributed by atoms with E-state index in [0.717, 1.165) is 28.4 Å². The number of thiazole rings is 1. The molecule has 1 amide bonds. The zero-order valence-corrected chi connectivity index (χ0v) is 16.3. The summed E-state index contributed by atoms with van der Waals surface area (Å²) in [5, 5.41) is 5.86. The second kappa shape index (κ2) is 10.7. The molecule has 0 aliphatic rings. The molecule has 1 heterocycles. The number of aromatic nitrogens is 1. The topological polar surface area (TPSA) is 60.5 Å². The monoisotopic (exact) mass is 374 g/mol. The molecule has 1 aromatic heterocycles. The molecule has 0 fully saturated rings. The Morgan fingerprint density at radius 2 is 2.15 bits per heavy atom. The number of carbonyl (C=O) groups is 1. The number of para-hydroxylation sites is 1. The van der Waals surface area contributed by atoms with Crippen LogP contribution in [0.1, 0.15) is 36.5 Å². The van der Waals surface area contributed by atoms with Crippen molar-refractivity contribution in [1.29, 1.82) is 0 Å². The van der Waals surface area contributed by atoms with Crippen molar-refractivity contribution in [3.05, 3.63) is 52.0 Å². The lowest BCUT2D eigenvalue weighted by molar-refractivity contribution is -0.116. The number of amides is 1. The molecule has 0 saturated heterocycles. The standard InChI is InChI=1S/C20H26N2O3S/c1-15(2)24-12-6-11-21-20(23)10-9-17-7-4-5-8-19(17)25-13-18-14-26-16(3)22-18/h4-5,7-10,14-15H,6,11-13H2,1-3H3,(H,21,23)/b10-9+. The molecule has 0 aliphatic heterocycles. The van der Waals surface area contributed by atoms with Gasteiger partial charge in [-0.2, -0.15) is 0 Å². The molecule has 1 aromatic carbocycles. The fraction of sp³-hybridized carbons (Fsp3) is 0.400. The Bertz CT molecular complexity index is 725. The first kappa shape index (κ1) is 20.1. The van der Waals surface area contributed by atoms with E-state index >= 15 is 0 Å². The molecule has 0 spiro atoms. The first-order chi connectivity index (χ1) is 12.5. The normalized spacial score (nSPS) is 11.2. The molecule has 0 atom stereocenters. The Morgan fingerprint density at radius 3 is 2.88 bits per heavy atom. The van der Waals surface area contributed by atoms with Crippen LogP contribution < -0.4 is 10.1 Å². The minimum Gasteiger partial charge on any atom is -0.487 e. The van der Waals surface area contributed by atoms with Crippen molar-refractivity contribution in [3.63, 3.8) is 0 Å². The SMILES string of the molecule is Cc1nc(COc2ccccc2/C=C/C(=O)NCCCOC(C)C)cs1. The third-order valence-electron chi connectivity index (χ3n) is 3.45. The van der Waals surface area contributed by atoms with Gasteiger partial charge in [-0.1, -0.05) is 18.2 Å². The van der Waals surface area contributed by atoms with E-state index in [1.165, 1.54) is 6.08 Å². The lowest BCUT2D eigenvalue weighted by Gasteiger charge is -2.08. The third kappa shape index (κ3) is 7.37. The van der Waals surface area contributed by atoms with Gasteiger partial charge in [0.15, 0.2) is 0 Å². The van der Waals surface area contributed by atoms with Crippen LogP contribution in [0.15, 0.2) is 35.7 Å². The quantitative estimate of drug-likeness (QED) is 0.505. The summed E-state index contributed by atoms with van der Waals surface area (Å²) in [7, 11) is 0.